The van der Waals surface area contributed by atoms with Crippen molar-refractivity contribution in [2.45, 2.75) is 58.3 Å². The van der Waals surface area contributed by atoms with Gasteiger partial charge in [-0.2, -0.15) is 4.57 Å². The second-order valence-electron chi connectivity index (χ2n) is 6.99. The maximum absolute atomic E-state index is 11.9. The summed E-state index contributed by atoms with van der Waals surface area (Å²) in [5.74, 6) is -2.70. The van der Waals surface area contributed by atoms with Crippen LogP contribution in [0, 0.1) is 0 Å². The van der Waals surface area contributed by atoms with E-state index in [1.165, 1.54) is 18.4 Å². The van der Waals surface area contributed by atoms with E-state index in [4.69, 9.17) is 41.6 Å². The monoisotopic (exact) mass is 469 g/mol. The number of aromatic nitrogens is 1. The van der Waals surface area contributed by atoms with Crippen LogP contribution < -0.4 is 10.3 Å². The van der Waals surface area contributed by atoms with Gasteiger partial charge in [0.25, 0.3) is 0 Å². The summed E-state index contributed by atoms with van der Waals surface area (Å²) in [5, 5.41) is 0. The van der Waals surface area contributed by atoms with Crippen molar-refractivity contribution < 1.29 is 47.4 Å². The lowest BCUT2D eigenvalue weighted by molar-refractivity contribution is -0.777. The molecule has 1 saturated heterocycles. The van der Waals surface area contributed by atoms with Gasteiger partial charge in [0.1, 0.15) is 17.7 Å². The molecule has 0 aliphatic carbocycles. The minimum absolute atomic E-state index is 0.116. The number of thiocarbonyl (C=S) groups is 1. The lowest BCUT2D eigenvalue weighted by Crippen LogP contribution is -2.65. The summed E-state index contributed by atoms with van der Waals surface area (Å²) in [4.78, 5) is 47.0. The number of nitrogens with zero attached hydrogens (tertiary/aromatic N) is 1. The Balaban J connectivity index is 2.58. The van der Waals surface area contributed by atoms with E-state index in [1.54, 1.807) is 24.5 Å². The summed E-state index contributed by atoms with van der Waals surface area (Å²) < 4.78 is 28.8. The van der Waals surface area contributed by atoms with Gasteiger partial charge in [-0.05, 0) is 6.07 Å². The third-order valence-corrected chi connectivity index (χ3v) is 4.60. The average molecular weight is 469 g/mol. The molecule has 174 valence electrons. The van der Waals surface area contributed by atoms with Crippen LogP contribution in [0.15, 0.2) is 24.5 Å². The van der Waals surface area contributed by atoms with Crippen molar-refractivity contribution in [3.05, 3.63) is 30.1 Å². The van der Waals surface area contributed by atoms with Crippen LogP contribution in [0.3, 0.4) is 0 Å². The van der Waals surface area contributed by atoms with Crippen molar-refractivity contribution in [3.63, 3.8) is 0 Å². The van der Waals surface area contributed by atoms with E-state index in [1.807, 2.05) is 0 Å². The van der Waals surface area contributed by atoms with E-state index in [0.717, 1.165) is 13.8 Å². The first-order chi connectivity index (χ1) is 15.0. The summed E-state index contributed by atoms with van der Waals surface area (Å²) in [6.45, 7) is 4.36. The molecule has 1 aromatic heterocycles. The fraction of sp³-hybridized carbons (Fsp3) is 0.500. The van der Waals surface area contributed by atoms with Gasteiger partial charge in [-0.25, -0.2) is 0 Å². The van der Waals surface area contributed by atoms with Crippen molar-refractivity contribution in [1.29, 1.82) is 0 Å². The van der Waals surface area contributed by atoms with E-state index in [-0.39, 0.29) is 11.6 Å². The molecule has 0 amide bonds. The van der Waals surface area contributed by atoms with Crippen LogP contribution in [-0.4, -0.2) is 59.9 Å². The number of carbonyl (C=O) groups excluding carboxylic acids is 4. The molecule has 32 heavy (non-hydrogen) atoms. The normalized spacial score (nSPS) is 24.7. The molecule has 11 nitrogen and oxygen atoms in total. The Hall–Kier alpha value is -3.12. The SMILES string of the molecule is CC(=O)OC[C@H]1O[C@@H]([n+]2cccc(C(N)=S)c2)[C@@H](OC(C)=O)[C@@H](OC(C)=O)[C@@H]1OC(C)=O. The van der Waals surface area contributed by atoms with E-state index in [2.05, 4.69) is 0 Å². The smallest absolute Gasteiger partial charge is 0.304 e. The van der Waals surface area contributed by atoms with Crippen LogP contribution in [0.2, 0.25) is 0 Å². The minimum Gasteiger partial charge on any atom is -0.463 e. The molecule has 0 spiro atoms. The number of esters is 4. The van der Waals surface area contributed by atoms with E-state index in [0.29, 0.717) is 5.56 Å². The van der Waals surface area contributed by atoms with Crippen LogP contribution in [-0.2, 0) is 42.9 Å². The molecule has 2 heterocycles. The molecule has 0 saturated carbocycles. The summed E-state index contributed by atoms with van der Waals surface area (Å²) in [5.41, 5.74) is 6.21. The average Bonchev–Trinajstić information content (AvgIpc) is 2.68. The highest BCUT2D eigenvalue weighted by Gasteiger charge is 2.56. The van der Waals surface area contributed by atoms with E-state index >= 15 is 0 Å². The Morgan fingerprint density at radius 2 is 1.53 bits per heavy atom. The number of hydrogen-bond donors (Lipinski definition) is 1. The fourth-order valence-electron chi connectivity index (χ4n) is 3.24. The Morgan fingerprint density at radius 3 is 2.06 bits per heavy atom. The second kappa shape index (κ2) is 11.0. The standard InChI is InChI=1S/C20H24N2O9S/c1-10(23)27-9-15-16(28-11(2)24)17(29-12(3)25)18(30-13(4)26)20(31-15)22-7-5-6-14(8-22)19(21)32/h5-8,15-18,20H,9H2,1-4H3,(H-,21,32)/p+1/t15-,16-,17+,18+,20-/m1/s1. The predicted molar refractivity (Wildman–Crippen MR) is 110 cm³/mol. The number of rotatable bonds is 7. The van der Waals surface area contributed by atoms with E-state index < -0.39 is 54.5 Å². The number of carbonyl (C=O) groups is 4. The maximum Gasteiger partial charge on any atom is 0.304 e. The minimum atomic E-state index is -1.26. The Kier molecular flexibility index (Phi) is 8.61. The number of hydrogen-bond acceptors (Lipinski definition) is 10. The van der Waals surface area contributed by atoms with Crippen LogP contribution in [0.4, 0.5) is 0 Å². The van der Waals surface area contributed by atoms with Gasteiger partial charge in [0, 0.05) is 33.8 Å². The molecule has 0 aromatic carbocycles. The van der Waals surface area contributed by atoms with Crippen LogP contribution in [0.1, 0.15) is 39.5 Å². The van der Waals surface area contributed by atoms with Crippen molar-refractivity contribution in [1.82, 2.24) is 0 Å². The molecule has 1 aliphatic heterocycles. The zero-order chi connectivity index (χ0) is 24.0. The van der Waals surface area contributed by atoms with Crippen molar-refractivity contribution >= 4 is 41.1 Å². The molecule has 1 aromatic rings. The molecule has 1 fully saturated rings. The van der Waals surface area contributed by atoms with Gasteiger partial charge in [0.2, 0.25) is 6.10 Å². The molecule has 12 heteroatoms. The summed E-state index contributed by atoms with van der Waals surface area (Å²) in [6.07, 6.45) is -2.67. The maximum atomic E-state index is 11.9. The topological polar surface area (TPSA) is 144 Å². The highest BCUT2D eigenvalue weighted by atomic mass is 32.1. The first-order valence-corrected chi connectivity index (χ1v) is 10.0. The molecule has 0 bridgehead atoms. The molecule has 5 atom stereocenters. The summed E-state index contributed by atoms with van der Waals surface area (Å²) >= 11 is 5.02. The van der Waals surface area contributed by atoms with Gasteiger partial charge >= 0.3 is 30.1 Å². The number of pyridine rings is 1. The summed E-state index contributed by atoms with van der Waals surface area (Å²) in [6, 6.07) is 3.31. The zero-order valence-electron chi connectivity index (χ0n) is 18.0. The molecule has 1 aliphatic rings. The van der Waals surface area contributed by atoms with Gasteiger partial charge < -0.3 is 29.4 Å². The largest absolute Gasteiger partial charge is 0.463 e. The first kappa shape index (κ1) is 25.1. The number of ether oxygens (including phenoxy) is 5. The van der Waals surface area contributed by atoms with Gasteiger partial charge in [-0.15, -0.1) is 0 Å². The second-order valence-corrected chi connectivity index (χ2v) is 7.43. The molecular weight excluding hydrogens is 444 g/mol. The highest BCUT2D eigenvalue weighted by molar-refractivity contribution is 7.80. The van der Waals surface area contributed by atoms with E-state index in [9.17, 15) is 19.2 Å². The van der Waals surface area contributed by atoms with Crippen LogP contribution >= 0.6 is 12.2 Å². The van der Waals surface area contributed by atoms with Crippen molar-refractivity contribution in [2.75, 3.05) is 6.61 Å². The molecule has 0 unspecified atom stereocenters. The molecule has 0 radical (unpaired) electrons. The lowest BCUT2D eigenvalue weighted by Gasteiger charge is -2.41. The van der Waals surface area contributed by atoms with Crippen LogP contribution in [0.5, 0.6) is 0 Å². The Labute approximate surface area is 189 Å². The fourth-order valence-corrected chi connectivity index (χ4v) is 3.36. The van der Waals surface area contributed by atoms with Gasteiger partial charge in [-0.1, -0.05) is 12.2 Å². The molecular formula is C20H25N2O9S+. The Morgan fingerprint density at radius 1 is 0.969 bits per heavy atom. The zero-order valence-corrected chi connectivity index (χ0v) is 18.8. The predicted octanol–water partition coefficient (Wildman–Crippen LogP) is -0.136. The third kappa shape index (κ3) is 6.69. The summed E-state index contributed by atoms with van der Waals surface area (Å²) in [7, 11) is 0. The quantitative estimate of drug-likeness (QED) is 0.247. The van der Waals surface area contributed by atoms with Gasteiger partial charge in [0.15, 0.2) is 24.6 Å². The van der Waals surface area contributed by atoms with Crippen LogP contribution in [0.25, 0.3) is 0 Å². The Bertz CT molecular complexity index is 907. The van der Waals surface area contributed by atoms with Crippen molar-refractivity contribution in [2.24, 2.45) is 5.73 Å². The van der Waals surface area contributed by atoms with Gasteiger partial charge in [-0.3, -0.25) is 19.2 Å². The highest BCUT2D eigenvalue weighted by Crippen LogP contribution is 2.32. The molecule has 2 N–H and O–H groups in total. The van der Waals surface area contributed by atoms with Crippen molar-refractivity contribution in [3.8, 4) is 0 Å². The molecule has 2 rings (SSSR count). The number of nitrogens with two attached hydrogens (primary N) is 1. The van der Waals surface area contributed by atoms with Gasteiger partial charge in [0.05, 0.1) is 5.56 Å². The lowest BCUT2D eigenvalue weighted by atomic mass is 9.97. The third-order valence-electron chi connectivity index (χ3n) is 4.37. The first-order valence-electron chi connectivity index (χ1n) is 9.60.